The molecule has 2 N–H and O–H groups in total. The number of carbonyl (C=O) groups is 2. The summed E-state index contributed by atoms with van der Waals surface area (Å²) in [6.45, 7) is 1.52. The third kappa shape index (κ3) is 6.59. The van der Waals surface area contributed by atoms with Gasteiger partial charge in [-0.15, -0.1) is 11.3 Å². The number of carbonyl (C=O) groups excluding carboxylic acids is 1. The van der Waals surface area contributed by atoms with Crippen molar-refractivity contribution in [2.24, 2.45) is 7.05 Å². The number of fused-ring (bicyclic) bond motifs is 2. The highest BCUT2D eigenvalue weighted by Gasteiger charge is 2.28. The summed E-state index contributed by atoms with van der Waals surface area (Å²) in [4.78, 5) is 37.2. The molecule has 0 saturated heterocycles. The first kappa shape index (κ1) is 31.9. The van der Waals surface area contributed by atoms with Crippen molar-refractivity contribution in [3.63, 3.8) is 0 Å². The largest absolute Gasteiger partial charge is 0.494 e. The molecule has 0 bridgehead atoms. The minimum Gasteiger partial charge on any atom is -0.494 e. The van der Waals surface area contributed by atoms with Gasteiger partial charge in [0.1, 0.15) is 23.0 Å². The number of nitrogens with one attached hydrogen (secondary N) is 1. The quantitative estimate of drug-likeness (QED) is 0.121. The first-order chi connectivity index (χ1) is 23.9. The van der Waals surface area contributed by atoms with Crippen LogP contribution in [0.1, 0.15) is 49.0 Å². The second-order valence-corrected chi connectivity index (χ2v) is 13.7. The van der Waals surface area contributed by atoms with Crippen LogP contribution in [0.2, 0.25) is 0 Å². The van der Waals surface area contributed by atoms with Crippen molar-refractivity contribution in [1.82, 2.24) is 9.97 Å². The molecule has 1 aliphatic rings. The number of para-hydroxylation sites is 1. The van der Waals surface area contributed by atoms with Gasteiger partial charge in [-0.25, -0.2) is 24.1 Å². The summed E-state index contributed by atoms with van der Waals surface area (Å²) in [7, 11) is 1.94. The van der Waals surface area contributed by atoms with Crippen LogP contribution in [0.5, 0.6) is 5.75 Å². The van der Waals surface area contributed by atoms with Crippen LogP contribution in [0, 0.1) is 11.3 Å². The number of anilines is 2. The topological polar surface area (TPSA) is 132 Å². The molecule has 10 nitrogen and oxygen atoms in total. The van der Waals surface area contributed by atoms with E-state index in [0.29, 0.717) is 59.6 Å². The first-order valence-corrected chi connectivity index (χ1v) is 17.4. The molecule has 0 fully saturated rings. The standard InChI is InChI=1S/C37H30N6O4S2/c1-42-30-10-2-3-11-31(30)48-36(42)41-34(44)27-8-4-7-23-17-19-43(22-28(23)27)37-40-33(35(45)46)32(49-37)12-6-20-47-25-15-13-24(14-16-25)26-9-5-18-39-29(26)21-38/h2-5,7-11,13-16,18H,6,12,17,19-20,22H2,1H3,(H,45,46)/p+1. The van der Waals surface area contributed by atoms with Crippen LogP contribution in [-0.4, -0.2) is 40.1 Å². The number of aromatic nitrogens is 3. The van der Waals surface area contributed by atoms with Crippen LogP contribution >= 0.6 is 22.7 Å². The highest BCUT2D eigenvalue weighted by atomic mass is 32.1. The Bertz CT molecular complexity index is 2240. The third-order valence-electron chi connectivity index (χ3n) is 8.53. The second kappa shape index (κ2) is 13.8. The molecule has 1 amide bonds. The molecule has 1 aliphatic heterocycles. The van der Waals surface area contributed by atoms with Crippen LogP contribution < -0.4 is 19.5 Å². The van der Waals surface area contributed by atoms with Gasteiger partial charge < -0.3 is 14.7 Å². The fourth-order valence-corrected chi connectivity index (χ4v) is 8.19. The van der Waals surface area contributed by atoms with E-state index in [1.165, 1.54) is 22.7 Å². The van der Waals surface area contributed by atoms with Crippen molar-refractivity contribution < 1.29 is 24.0 Å². The lowest BCUT2D eigenvalue weighted by atomic mass is 9.94. The van der Waals surface area contributed by atoms with Gasteiger partial charge in [0.05, 0.1) is 23.9 Å². The van der Waals surface area contributed by atoms with Crippen LogP contribution in [0.4, 0.5) is 10.3 Å². The van der Waals surface area contributed by atoms with Gasteiger partial charge in [0.25, 0.3) is 0 Å². The van der Waals surface area contributed by atoms with Crippen LogP contribution in [0.3, 0.4) is 0 Å². The maximum atomic E-state index is 13.6. The predicted molar refractivity (Wildman–Crippen MR) is 189 cm³/mol. The lowest BCUT2D eigenvalue weighted by molar-refractivity contribution is -0.626. The predicted octanol–water partition coefficient (Wildman–Crippen LogP) is 6.64. The molecule has 3 aromatic carbocycles. The molecule has 3 aromatic heterocycles. The van der Waals surface area contributed by atoms with Crippen LogP contribution in [-0.2, 0) is 26.4 Å². The van der Waals surface area contributed by atoms with E-state index in [-0.39, 0.29) is 11.6 Å². The molecule has 0 aliphatic carbocycles. The number of amides is 1. The fraction of sp³-hybridized carbons (Fsp3) is 0.189. The Morgan fingerprint density at radius 1 is 1.06 bits per heavy atom. The minimum atomic E-state index is -1.06. The van der Waals surface area contributed by atoms with Crippen molar-refractivity contribution in [1.29, 1.82) is 5.26 Å². The zero-order valence-corrected chi connectivity index (χ0v) is 28.2. The van der Waals surface area contributed by atoms with Crippen LogP contribution in [0.15, 0.2) is 85.1 Å². The van der Waals surface area contributed by atoms with Gasteiger partial charge in [-0.2, -0.15) is 10.6 Å². The molecule has 244 valence electrons. The smallest absolute Gasteiger partial charge is 0.355 e. The number of hydrogen-bond acceptors (Lipinski definition) is 9. The lowest BCUT2D eigenvalue weighted by Gasteiger charge is -2.29. The average molecular weight is 688 g/mol. The van der Waals surface area contributed by atoms with Gasteiger partial charge in [-0.1, -0.05) is 36.4 Å². The van der Waals surface area contributed by atoms with Crippen LogP contribution in [0.25, 0.3) is 21.3 Å². The SMILES string of the molecule is C[n+]1c(NC(=O)c2cccc3c2CN(c2nc(C(=O)O)c(CCCOc4ccc(-c5cccnc5C#N)cc4)s2)CC3)sc2ccccc21. The van der Waals surface area contributed by atoms with Crippen molar-refractivity contribution in [2.45, 2.75) is 25.8 Å². The van der Waals surface area contributed by atoms with Gasteiger partial charge in [0, 0.05) is 29.7 Å². The molecule has 0 unspecified atom stereocenters. The number of benzene rings is 3. The number of carboxylic acid groups (broad SMARTS) is 1. The number of aromatic carboxylic acids is 1. The maximum absolute atomic E-state index is 13.6. The van der Waals surface area contributed by atoms with E-state index in [9.17, 15) is 20.0 Å². The van der Waals surface area contributed by atoms with E-state index < -0.39 is 5.97 Å². The summed E-state index contributed by atoms with van der Waals surface area (Å²) in [6.07, 6.45) is 3.42. The Morgan fingerprint density at radius 2 is 1.90 bits per heavy atom. The Labute approximate surface area is 290 Å². The summed E-state index contributed by atoms with van der Waals surface area (Å²) in [5, 5.41) is 23.8. The third-order valence-corrected chi connectivity index (χ3v) is 10.8. The number of hydrogen-bond donors (Lipinski definition) is 2. The molecule has 49 heavy (non-hydrogen) atoms. The van der Waals surface area contributed by atoms with E-state index in [1.807, 2.05) is 78.3 Å². The van der Waals surface area contributed by atoms with Gasteiger partial charge in [-0.3, -0.25) is 0 Å². The molecular weight excluding hydrogens is 657 g/mol. The van der Waals surface area contributed by atoms with E-state index in [4.69, 9.17) is 4.74 Å². The normalized spacial score (nSPS) is 12.4. The Balaban J connectivity index is 1.01. The van der Waals surface area contributed by atoms with Crippen molar-refractivity contribution in [2.75, 3.05) is 23.4 Å². The van der Waals surface area contributed by atoms with Crippen molar-refractivity contribution in [3.8, 4) is 22.9 Å². The molecular formula is C37H31N6O4S2+. The Kier molecular flexibility index (Phi) is 9.02. The van der Waals surface area contributed by atoms with Crippen molar-refractivity contribution >= 4 is 55.0 Å². The number of pyridine rings is 1. The maximum Gasteiger partial charge on any atom is 0.355 e. The van der Waals surface area contributed by atoms with Gasteiger partial charge in [0.15, 0.2) is 10.8 Å². The Morgan fingerprint density at radius 3 is 2.69 bits per heavy atom. The zero-order chi connectivity index (χ0) is 33.9. The highest BCUT2D eigenvalue weighted by Crippen LogP contribution is 2.33. The van der Waals surface area contributed by atoms with Gasteiger partial charge in [0.2, 0.25) is 0 Å². The lowest BCUT2D eigenvalue weighted by Crippen LogP contribution is -2.34. The van der Waals surface area contributed by atoms with E-state index in [2.05, 4.69) is 32.3 Å². The molecule has 4 heterocycles. The summed E-state index contributed by atoms with van der Waals surface area (Å²) in [5.41, 5.74) is 5.75. The molecule has 0 atom stereocenters. The average Bonchev–Trinajstić information content (AvgIpc) is 3.71. The number of carboxylic acids is 1. The number of nitriles is 1. The monoisotopic (exact) mass is 687 g/mol. The van der Waals surface area contributed by atoms with E-state index in [0.717, 1.165) is 44.0 Å². The summed E-state index contributed by atoms with van der Waals surface area (Å²) >= 11 is 2.92. The number of aryl methyl sites for hydroxylation is 2. The summed E-state index contributed by atoms with van der Waals surface area (Å²) in [6, 6.07) is 27.1. The van der Waals surface area contributed by atoms with Crippen molar-refractivity contribution in [3.05, 3.63) is 118 Å². The van der Waals surface area contributed by atoms with E-state index in [1.54, 1.807) is 12.3 Å². The molecule has 0 spiro atoms. The van der Waals surface area contributed by atoms with E-state index >= 15 is 0 Å². The zero-order valence-electron chi connectivity index (χ0n) is 26.6. The number of thiazole rings is 2. The fourth-order valence-electron chi connectivity index (χ4n) is 6.03. The highest BCUT2D eigenvalue weighted by molar-refractivity contribution is 7.21. The molecule has 12 heteroatoms. The number of nitrogens with zero attached hydrogens (tertiary/aromatic N) is 5. The number of ether oxygens (including phenoxy) is 1. The number of rotatable bonds is 10. The first-order valence-electron chi connectivity index (χ1n) is 15.8. The molecule has 0 saturated carbocycles. The van der Waals surface area contributed by atoms with Gasteiger partial charge in [-0.05, 0) is 89.8 Å². The summed E-state index contributed by atoms with van der Waals surface area (Å²) < 4.78 is 9.03. The Hall–Kier alpha value is -5.64. The molecule has 0 radical (unpaired) electrons. The molecule has 7 rings (SSSR count). The van der Waals surface area contributed by atoms with Gasteiger partial charge >= 0.3 is 17.0 Å². The molecule has 6 aromatic rings. The second-order valence-electron chi connectivity index (χ2n) is 11.6. The minimum absolute atomic E-state index is 0.0585. The summed E-state index contributed by atoms with van der Waals surface area (Å²) in [5.74, 6) is -0.553.